The van der Waals surface area contributed by atoms with E-state index >= 15 is 0 Å². The standard InChI is InChI=1S/C21H25FN6O/c1-13-4-5-17-14(8-13)9-18(25-17)20(29)24-11-16-10-15(22)12-28(16)19-6-7-23-21(26-19)27(2)3/h4-9,15-16,25H,10-12H2,1-3H3,(H,24,29)/t15-,16-/m0/s1. The van der Waals surface area contributed by atoms with Crippen molar-refractivity contribution in [3.8, 4) is 0 Å². The number of carbonyl (C=O) groups is 1. The monoisotopic (exact) mass is 396 g/mol. The van der Waals surface area contributed by atoms with E-state index in [2.05, 4.69) is 20.3 Å². The molecule has 2 aromatic heterocycles. The minimum atomic E-state index is -0.953. The van der Waals surface area contributed by atoms with Crippen LogP contribution in [0, 0.1) is 6.92 Å². The Morgan fingerprint density at radius 2 is 2.17 bits per heavy atom. The Hall–Kier alpha value is -3.16. The summed E-state index contributed by atoms with van der Waals surface area (Å²) in [5.74, 6) is 1.04. The van der Waals surface area contributed by atoms with Crippen molar-refractivity contribution < 1.29 is 9.18 Å². The molecule has 29 heavy (non-hydrogen) atoms. The summed E-state index contributed by atoms with van der Waals surface area (Å²) in [6.45, 7) is 2.62. The van der Waals surface area contributed by atoms with Crippen LogP contribution in [0.25, 0.3) is 10.9 Å². The van der Waals surface area contributed by atoms with E-state index in [1.165, 1.54) is 0 Å². The minimum absolute atomic E-state index is 0.162. The lowest BCUT2D eigenvalue weighted by molar-refractivity contribution is 0.0946. The van der Waals surface area contributed by atoms with Gasteiger partial charge in [-0.1, -0.05) is 11.6 Å². The van der Waals surface area contributed by atoms with Gasteiger partial charge in [-0.05, 0) is 31.2 Å². The number of fused-ring (bicyclic) bond motifs is 1. The van der Waals surface area contributed by atoms with E-state index in [9.17, 15) is 9.18 Å². The molecule has 0 unspecified atom stereocenters. The van der Waals surface area contributed by atoms with Gasteiger partial charge in [0, 0.05) is 44.2 Å². The number of anilines is 2. The highest BCUT2D eigenvalue weighted by molar-refractivity contribution is 5.98. The number of nitrogens with zero attached hydrogens (tertiary/aromatic N) is 4. The lowest BCUT2D eigenvalue weighted by Gasteiger charge is -2.26. The molecular weight excluding hydrogens is 371 g/mol. The van der Waals surface area contributed by atoms with Gasteiger partial charge in [0.15, 0.2) is 0 Å². The molecule has 1 aromatic carbocycles. The van der Waals surface area contributed by atoms with Crippen LogP contribution in [0.1, 0.15) is 22.5 Å². The van der Waals surface area contributed by atoms with Crippen LogP contribution in [0.4, 0.5) is 16.2 Å². The first-order valence-electron chi connectivity index (χ1n) is 9.69. The highest BCUT2D eigenvalue weighted by Gasteiger charge is 2.33. The van der Waals surface area contributed by atoms with Crippen LogP contribution in [0.5, 0.6) is 0 Å². The van der Waals surface area contributed by atoms with Crippen molar-refractivity contribution in [2.45, 2.75) is 25.6 Å². The number of H-pyrrole nitrogens is 1. The molecule has 3 aromatic rings. The molecule has 0 bridgehead atoms. The number of alkyl halides is 1. The number of hydrogen-bond donors (Lipinski definition) is 2. The number of aromatic amines is 1. The number of amides is 1. The number of carbonyl (C=O) groups excluding carboxylic acids is 1. The molecule has 7 nitrogen and oxygen atoms in total. The maximum atomic E-state index is 14.2. The summed E-state index contributed by atoms with van der Waals surface area (Å²) in [7, 11) is 3.72. The van der Waals surface area contributed by atoms with Gasteiger partial charge in [0.05, 0.1) is 12.6 Å². The number of benzene rings is 1. The van der Waals surface area contributed by atoms with Crippen LogP contribution < -0.4 is 15.1 Å². The smallest absolute Gasteiger partial charge is 0.267 e. The Labute approximate surface area is 168 Å². The van der Waals surface area contributed by atoms with Crippen molar-refractivity contribution in [1.82, 2.24) is 20.3 Å². The highest BCUT2D eigenvalue weighted by Crippen LogP contribution is 2.26. The fraction of sp³-hybridized carbons (Fsp3) is 0.381. The third-order valence-electron chi connectivity index (χ3n) is 5.20. The normalized spacial score (nSPS) is 19.0. The molecule has 1 fully saturated rings. The van der Waals surface area contributed by atoms with Gasteiger partial charge in [-0.3, -0.25) is 4.79 Å². The molecule has 8 heteroatoms. The lowest BCUT2D eigenvalue weighted by Crippen LogP contribution is -2.40. The first-order chi connectivity index (χ1) is 13.9. The van der Waals surface area contributed by atoms with E-state index in [0.29, 0.717) is 30.4 Å². The van der Waals surface area contributed by atoms with Crippen LogP contribution in [0.2, 0.25) is 0 Å². The Balaban J connectivity index is 1.47. The molecule has 0 saturated carbocycles. The summed E-state index contributed by atoms with van der Waals surface area (Å²) in [5, 5.41) is 3.94. The van der Waals surface area contributed by atoms with Crippen molar-refractivity contribution in [2.24, 2.45) is 0 Å². The number of aryl methyl sites for hydroxylation is 1. The minimum Gasteiger partial charge on any atom is -0.351 e. The van der Waals surface area contributed by atoms with Gasteiger partial charge in [-0.15, -0.1) is 0 Å². The number of hydrogen-bond acceptors (Lipinski definition) is 5. The second-order valence-corrected chi connectivity index (χ2v) is 7.73. The molecule has 1 aliphatic rings. The third kappa shape index (κ3) is 4.01. The first-order valence-corrected chi connectivity index (χ1v) is 9.69. The van der Waals surface area contributed by atoms with Crippen LogP contribution in [0.15, 0.2) is 36.5 Å². The molecule has 0 radical (unpaired) electrons. The fourth-order valence-corrected chi connectivity index (χ4v) is 3.73. The number of nitrogens with one attached hydrogen (secondary N) is 2. The summed E-state index contributed by atoms with van der Waals surface area (Å²) >= 11 is 0. The number of halogens is 1. The molecular formula is C21H25FN6O. The van der Waals surface area contributed by atoms with Gasteiger partial charge in [-0.25, -0.2) is 9.37 Å². The predicted octanol–water partition coefficient (Wildman–Crippen LogP) is 2.68. The maximum absolute atomic E-state index is 14.2. The van der Waals surface area contributed by atoms with Crippen molar-refractivity contribution in [2.75, 3.05) is 37.0 Å². The largest absolute Gasteiger partial charge is 0.351 e. The Morgan fingerprint density at radius 3 is 2.97 bits per heavy atom. The van der Waals surface area contributed by atoms with E-state index in [0.717, 1.165) is 16.5 Å². The van der Waals surface area contributed by atoms with E-state index in [-0.39, 0.29) is 18.5 Å². The quantitative estimate of drug-likeness (QED) is 0.693. The van der Waals surface area contributed by atoms with Gasteiger partial charge < -0.3 is 20.1 Å². The van der Waals surface area contributed by atoms with E-state index in [1.54, 1.807) is 17.2 Å². The maximum Gasteiger partial charge on any atom is 0.267 e. The second kappa shape index (κ2) is 7.69. The first kappa shape index (κ1) is 19.2. The topological polar surface area (TPSA) is 77.2 Å². The van der Waals surface area contributed by atoms with Crippen molar-refractivity contribution >= 4 is 28.6 Å². The number of aromatic nitrogens is 3. The van der Waals surface area contributed by atoms with E-state index in [4.69, 9.17) is 0 Å². The molecule has 4 rings (SSSR count). The zero-order valence-electron chi connectivity index (χ0n) is 16.8. The summed E-state index contributed by atoms with van der Waals surface area (Å²) in [6.07, 6.45) is 1.07. The molecule has 2 N–H and O–H groups in total. The van der Waals surface area contributed by atoms with Crippen LogP contribution in [0.3, 0.4) is 0 Å². The summed E-state index contributed by atoms with van der Waals surface area (Å²) in [5.41, 5.74) is 2.56. The van der Waals surface area contributed by atoms with Crippen molar-refractivity contribution in [3.63, 3.8) is 0 Å². The SMILES string of the molecule is Cc1ccc2[nH]c(C(=O)NC[C@@H]3C[C@H](F)CN3c3ccnc(N(C)C)n3)cc2c1. The van der Waals surface area contributed by atoms with Crippen molar-refractivity contribution in [1.29, 1.82) is 0 Å². The number of rotatable bonds is 5. The fourth-order valence-electron chi connectivity index (χ4n) is 3.73. The van der Waals surface area contributed by atoms with Crippen molar-refractivity contribution in [3.05, 3.63) is 47.8 Å². The Morgan fingerprint density at radius 1 is 1.34 bits per heavy atom. The van der Waals surface area contributed by atoms with Crippen LogP contribution in [-0.4, -0.2) is 60.3 Å². The highest BCUT2D eigenvalue weighted by atomic mass is 19.1. The summed E-state index contributed by atoms with van der Waals surface area (Å²) in [6, 6.07) is 9.46. The summed E-state index contributed by atoms with van der Waals surface area (Å²) in [4.78, 5) is 28.2. The lowest BCUT2D eigenvalue weighted by atomic mass is 10.2. The van der Waals surface area contributed by atoms with Gasteiger partial charge in [-0.2, -0.15) is 4.98 Å². The van der Waals surface area contributed by atoms with E-state index in [1.807, 2.05) is 50.2 Å². The molecule has 1 aliphatic heterocycles. The molecule has 1 saturated heterocycles. The predicted molar refractivity (Wildman–Crippen MR) is 112 cm³/mol. The average molecular weight is 396 g/mol. The molecule has 152 valence electrons. The third-order valence-corrected chi connectivity index (χ3v) is 5.20. The molecule has 1 amide bonds. The van der Waals surface area contributed by atoms with Gasteiger partial charge in [0.2, 0.25) is 5.95 Å². The Kier molecular flexibility index (Phi) is 5.08. The van der Waals surface area contributed by atoms with Crippen LogP contribution in [-0.2, 0) is 0 Å². The Bertz CT molecular complexity index is 1030. The van der Waals surface area contributed by atoms with Crippen LogP contribution >= 0.6 is 0 Å². The second-order valence-electron chi connectivity index (χ2n) is 7.73. The van der Waals surface area contributed by atoms with E-state index < -0.39 is 6.17 Å². The molecule has 0 spiro atoms. The van der Waals surface area contributed by atoms with Gasteiger partial charge >= 0.3 is 0 Å². The molecule has 3 heterocycles. The van der Waals surface area contributed by atoms with Gasteiger partial charge in [0.25, 0.3) is 5.91 Å². The zero-order chi connectivity index (χ0) is 20.5. The molecule has 0 aliphatic carbocycles. The molecule has 2 atom stereocenters. The average Bonchev–Trinajstić information content (AvgIpc) is 3.29. The summed E-state index contributed by atoms with van der Waals surface area (Å²) < 4.78 is 14.2. The zero-order valence-corrected chi connectivity index (χ0v) is 16.8. The van der Waals surface area contributed by atoms with Gasteiger partial charge in [0.1, 0.15) is 17.7 Å².